The van der Waals surface area contributed by atoms with E-state index in [0.717, 1.165) is 18.1 Å². The Kier molecular flexibility index (Phi) is 3.46. The number of nitrogen functional groups attached to an aromatic ring is 1. The fourth-order valence-electron chi connectivity index (χ4n) is 1.45. The van der Waals surface area contributed by atoms with Gasteiger partial charge in [-0.15, -0.1) is 0 Å². The fourth-order valence-corrected chi connectivity index (χ4v) is 1.69. The normalized spacial score (nSPS) is 15.1. The highest BCUT2D eigenvalue weighted by atomic mass is 35.5. The predicted molar refractivity (Wildman–Crippen MR) is 64.8 cm³/mol. The van der Waals surface area contributed by atoms with Gasteiger partial charge in [-0.05, 0) is 30.4 Å². The van der Waals surface area contributed by atoms with E-state index in [1.807, 2.05) is 6.07 Å². The molecule has 1 saturated carbocycles. The van der Waals surface area contributed by atoms with Crippen LogP contribution in [0.5, 0.6) is 0 Å². The minimum Gasteiger partial charge on any atom is -0.384 e. The van der Waals surface area contributed by atoms with Crippen molar-refractivity contribution in [1.82, 2.24) is 0 Å². The van der Waals surface area contributed by atoms with Crippen LogP contribution in [0, 0.1) is 11.3 Å². The van der Waals surface area contributed by atoms with Gasteiger partial charge in [-0.25, -0.2) is 0 Å². The summed E-state index contributed by atoms with van der Waals surface area (Å²) in [6, 6.07) is 5.37. The Morgan fingerprint density at radius 2 is 2.25 bits per heavy atom. The highest BCUT2D eigenvalue weighted by Crippen LogP contribution is 2.29. The predicted octanol–water partition coefficient (Wildman–Crippen LogP) is 2.55. The van der Waals surface area contributed by atoms with Crippen molar-refractivity contribution in [1.29, 1.82) is 5.41 Å². The van der Waals surface area contributed by atoms with Crippen LogP contribution in [0.1, 0.15) is 24.0 Å². The molecule has 1 aromatic rings. The van der Waals surface area contributed by atoms with E-state index in [4.69, 9.17) is 27.5 Å². The van der Waals surface area contributed by atoms with Crippen LogP contribution < -0.4 is 5.73 Å². The van der Waals surface area contributed by atoms with Gasteiger partial charge in [0.25, 0.3) is 0 Å². The zero-order chi connectivity index (χ0) is 11.5. The average Bonchev–Trinajstić information content (AvgIpc) is 3.04. The van der Waals surface area contributed by atoms with Crippen molar-refractivity contribution in [2.75, 3.05) is 6.61 Å². The van der Waals surface area contributed by atoms with E-state index < -0.39 is 0 Å². The van der Waals surface area contributed by atoms with Gasteiger partial charge in [0.1, 0.15) is 5.84 Å². The molecule has 1 aromatic carbocycles. The third kappa shape index (κ3) is 2.97. The van der Waals surface area contributed by atoms with Gasteiger partial charge in [0, 0.05) is 17.2 Å². The maximum Gasteiger partial charge on any atom is 0.122 e. The third-order valence-electron chi connectivity index (χ3n) is 2.67. The van der Waals surface area contributed by atoms with Crippen LogP contribution in [-0.2, 0) is 11.3 Å². The molecule has 1 aliphatic rings. The molecule has 0 atom stereocenters. The van der Waals surface area contributed by atoms with E-state index in [1.54, 1.807) is 12.1 Å². The van der Waals surface area contributed by atoms with Crippen LogP contribution in [0.15, 0.2) is 18.2 Å². The van der Waals surface area contributed by atoms with E-state index in [1.165, 1.54) is 12.8 Å². The quantitative estimate of drug-likeness (QED) is 0.612. The Morgan fingerprint density at radius 3 is 2.81 bits per heavy atom. The molecule has 0 unspecified atom stereocenters. The molecule has 0 saturated heterocycles. The Balaban J connectivity index is 1.95. The molecule has 0 bridgehead atoms. The lowest BCUT2D eigenvalue weighted by Crippen LogP contribution is -2.11. The molecule has 1 fully saturated rings. The molecule has 3 N–H and O–H groups in total. The first kappa shape index (κ1) is 11.4. The van der Waals surface area contributed by atoms with Crippen LogP contribution in [0.3, 0.4) is 0 Å². The summed E-state index contributed by atoms with van der Waals surface area (Å²) in [6.45, 7) is 1.36. The van der Waals surface area contributed by atoms with E-state index in [9.17, 15) is 0 Å². The number of nitrogens with one attached hydrogen (secondary N) is 1. The molecule has 0 radical (unpaired) electrons. The van der Waals surface area contributed by atoms with Crippen LogP contribution >= 0.6 is 11.6 Å². The SMILES string of the molecule is N=C(N)c1ccc(COCC2CC2)c(Cl)c1. The standard InChI is InChI=1S/C12H15ClN2O/c13-11-5-9(12(14)15)3-4-10(11)7-16-6-8-1-2-8/h3-5,8H,1-2,6-7H2,(H3,14,15). The molecular weight excluding hydrogens is 224 g/mol. The van der Waals surface area contributed by atoms with Crippen molar-refractivity contribution in [3.8, 4) is 0 Å². The summed E-state index contributed by atoms with van der Waals surface area (Å²) in [4.78, 5) is 0. The Morgan fingerprint density at radius 1 is 1.50 bits per heavy atom. The minimum atomic E-state index is 0.0346. The summed E-state index contributed by atoms with van der Waals surface area (Å²) in [5.74, 6) is 0.794. The maximum atomic E-state index is 7.29. The number of amidine groups is 1. The molecule has 0 aromatic heterocycles. The van der Waals surface area contributed by atoms with Crippen molar-refractivity contribution >= 4 is 17.4 Å². The number of hydrogen-bond donors (Lipinski definition) is 2. The van der Waals surface area contributed by atoms with Crippen molar-refractivity contribution in [2.24, 2.45) is 11.7 Å². The average molecular weight is 239 g/mol. The van der Waals surface area contributed by atoms with Gasteiger partial charge in [0.15, 0.2) is 0 Å². The minimum absolute atomic E-state index is 0.0346. The van der Waals surface area contributed by atoms with Crippen molar-refractivity contribution in [3.05, 3.63) is 34.3 Å². The summed E-state index contributed by atoms with van der Waals surface area (Å²) >= 11 is 6.07. The highest BCUT2D eigenvalue weighted by molar-refractivity contribution is 6.31. The summed E-state index contributed by atoms with van der Waals surface area (Å²) < 4.78 is 5.56. The molecule has 1 aliphatic carbocycles. The topological polar surface area (TPSA) is 59.1 Å². The summed E-state index contributed by atoms with van der Waals surface area (Å²) in [7, 11) is 0. The van der Waals surface area contributed by atoms with Gasteiger partial charge in [0.2, 0.25) is 0 Å². The van der Waals surface area contributed by atoms with E-state index in [2.05, 4.69) is 0 Å². The lowest BCUT2D eigenvalue weighted by Gasteiger charge is -2.07. The van der Waals surface area contributed by atoms with Gasteiger partial charge in [-0.2, -0.15) is 0 Å². The lowest BCUT2D eigenvalue weighted by atomic mass is 10.1. The zero-order valence-electron chi connectivity index (χ0n) is 9.00. The van der Waals surface area contributed by atoms with E-state index in [0.29, 0.717) is 17.2 Å². The summed E-state index contributed by atoms with van der Waals surface area (Å²) in [5, 5.41) is 7.91. The zero-order valence-corrected chi connectivity index (χ0v) is 9.76. The van der Waals surface area contributed by atoms with Gasteiger partial charge < -0.3 is 10.5 Å². The molecule has 2 rings (SSSR count). The van der Waals surface area contributed by atoms with Gasteiger partial charge in [-0.1, -0.05) is 23.7 Å². The van der Waals surface area contributed by atoms with Gasteiger partial charge in [-0.3, -0.25) is 5.41 Å². The van der Waals surface area contributed by atoms with Crippen LogP contribution in [-0.4, -0.2) is 12.4 Å². The first-order valence-electron chi connectivity index (χ1n) is 5.37. The van der Waals surface area contributed by atoms with Crippen LogP contribution in [0.25, 0.3) is 0 Å². The number of halogens is 1. The van der Waals surface area contributed by atoms with E-state index >= 15 is 0 Å². The van der Waals surface area contributed by atoms with Gasteiger partial charge >= 0.3 is 0 Å². The van der Waals surface area contributed by atoms with Crippen LogP contribution in [0.2, 0.25) is 5.02 Å². The smallest absolute Gasteiger partial charge is 0.122 e. The first-order valence-corrected chi connectivity index (χ1v) is 5.75. The number of ether oxygens (including phenoxy) is 1. The number of hydrogen-bond acceptors (Lipinski definition) is 2. The number of benzene rings is 1. The number of rotatable bonds is 5. The Bertz CT molecular complexity index is 402. The molecular formula is C12H15ClN2O. The molecule has 0 heterocycles. The molecule has 16 heavy (non-hydrogen) atoms. The Hall–Kier alpha value is -1.06. The summed E-state index contributed by atoms with van der Waals surface area (Å²) in [6.07, 6.45) is 2.58. The monoisotopic (exact) mass is 238 g/mol. The Labute approximate surface area is 100 Å². The molecule has 86 valence electrons. The fraction of sp³-hybridized carbons (Fsp3) is 0.417. The third-order valence-corrected chi connectivity index (χ3v) is 3.02. The van der Waals surface area contributed by atoms with Gasteiger partial charge in [0.05, 0.1) is 6.61 Å². The number of nitrogens with two attached hydrogens (primary N) is 1. The van der Waals surface area contributed by atoms with Crippen molar-refractivity contribution < 1.29 is 4.74 Å². The molecule has 0 aliphatic heterocycles. The maximum absolute atomic E-state index is 7.29. The molecule has 4 heteroatoms. The van der Waals surface area contributed by atoms with E-state index in [-0.39, 0.29) is 5.84 Å². The molecule has 0 spiro atoms. The highest BCUT2D eigenvalue weighted by Gasteiger charge is 2.21. The van der Waals surface area contributed by atoms with Crippen molar-refractivity contribution in [2.45, 2.75) is 19.4 Å². The molecule has 3 nitrogen and oxygen atoms in total. The second-order valence-electron chi connectivity index (χ2n) is 4.18. The lowest BCUT2D eigenvalue weighted by molar-refractivity contribution is 0.111. The largest absolute Gasteiger partial charge is 0.384 e. The molecule has 0 amide bonds. The van der Waals surface area contributed by atoms with Crippen LogP contribution in [0.4, 0.5) is 0 Å². The first-order chi connectivity index (χ1) is 7.66. The second kappa shape index (κ2) is 4.85. The summed E-state index contributed by atoms with van der Waals surface area (Å²) in [5.41, 5.74) is 6.97. The second-order valence-corrected chi connectivity index (χ2v) is 4.59. The van der Waals surface area contributed by atoms with Crippen molar-refractivity contribution in [3.63, 3.8) is 0 Å².